The van der Waals surface area contributed by atoms with Crippen LogP contribution in [0.3, 0.4) is 0 Å². The van der Waals surface area contributed by atoms with Crippen LogP contribution in [-0.4, -0.2) is 22.6 Å². The van der Waals surface area contributed by atoms with Crippen molar-refractivity contribution in [3.05, 3.63) is 27.4 Å². The molecule has 17 heavy (non-hydrogen) atoms. The molecule has 0 aliphatic rings. The van der Waals surface area contributed by atoms with E-state index >= 15 is 0 Å². The summed E-state index contributed by atoms with van der Waals surface area (Å²) in [5.74, 6) is -1.56. The molecular formula is C8H5F3N2O4. The van der Waals surface area contributed by atoms with Gasteiger partial charge in [-0.15, -0.1) is 13.2 Å². The van der Waals surface area contributed by atoms with Gasteiger partial charge >= 0.3 is 12.2 Å². The third-order valence-electron chi connectivity index (χ3n) is 1.70. The lowest BCUT2D eigenvalue weighted by molar-refractivity contribution is -0.389. The first-order chi connectivity index (χ1) is 7.74. The lowest BCUT2D eigenvalue weighted by Crippen LogP contribution is -2.18. The Balaban J connectivity index is 3.27. The minimum atomic E-state index is -4.96. The number of aldehydes is 1. The number of nitrogens with zero attached hydrogens (tertiary/aromatic N) is 2. The number of pyridine rings is 1. The smallest absolute Gasteiger partial charge is 0.401 e. The van der Waals surface area contributed by atoms with Gasteiger partial charge in [0.1, 0.15) is 5.56 Å². The summed E-state index contributed by atoms with van der Waals surface area (Å²) >= 11 is 0. The van der Waals surface area contributed by atoms with Gasteiger partial charge in [0.2, 0.25) is 0 Å². The molecule has 0 atom stereocenters. The fraction of sp³-hybridized carbons (Fsp3) is 0.250. The summed E-state index contributed by atoms with van der Waals surface area (Å²) in [6, 6.07) is 0.626. The molecule has 1 aromatic rings. The number of hydrogen-bond donors (Lipinski definition) is 0. The molecule has 0 bridgehead atoms. The average Bonchev–Trinajstić information content (AvgIpc) is 2.18. The molecular weight excluding hydrogens is 245 g/mol. The van der Waals surface area contributed by atoms with Crippen molar-refractivity contribution >= 4 is 12.1 Å². The van der Waals surface area contributed by atoms with E-state index in [4.69, 9.17) is 0 Å². The summed E-state index contributed by atoms with van der Waals surface area (Å²) in [6.07, 6.45) is -4.92. The molecule has 0 fully saturated rings. The first-order valence-corrected chi connectivity index (χ1v) is 4.11. The van der Waals surface area contributed by atoms with Crippen LogP contribution < -0.4 is 4.74 Å². The van der Waals surface area contributed by atoms with Crippen molar-refractivity contribution in [3.63, 3.8) is 0 Å². The van der Waals surface area contributed by atoms with Crippen molar-refractivity contribution in [1.82, 2.24) is 4.98 Å². The number of carbonyl (C=O) groups excluding carboxylic acids is 1. The van der Waals surface area contributed by atoms with Gasteiger partial charge in [0, 0.05) is 13.0 Å². The highest BCUT2D eigenvalue weighted by Gasteiger charge is 2.34. The van der Waals surface area contributed by atoms with E-state index in [2.05, 4.69) is 9.72 Å². The zero-order chi connectivity index (χ0) is 13.2. The normalized spacial score (nSPS) is 11.1. The number of rotatable bonds is 3. The topological polar surface area (TPSA) is 82.3 Å². The van der Waals surface area contributed by atoms with Crippen molar-refractivity contribution in [2.75, 3.05) is 0 Å². The lowest BCUT2D eigenvalue weighted by atomic mass is 10.2. The predicted octanol–water partition coefficient (Wildman–Crippen LogP) is 2.01. The second kappa shape index (κ2) is 4.36. The number of aromatic nitrogens is 1. The van der Waals surface area contributed by atoms with Gasteiger partial charge < -0.3 is 14.9 Å². The number of alkyl halides is 3. The van der Waals surface area contributed by atoms with Gasteiger partial charge in [-0.3, -0.25) is 4.79 Å². The highest BCUT2D eigenvalue weighted by Crippen LogP contribution is 2.28. The summed E-state index contributed by atoms with van der Waals surface area (Å²) in [5.41, 5.74) is -0.917. The van der Waals surface area contributed by atoms with E-state index in [1.54, 1.807) is 0 Å². The molecule has 0 spiro atoms. The van der Waals surface area contributed by atoms with E-state index in [1.165, 1.54) is 0 Å². The highest BCUT2D eigenvalue weighted by molar-refractivity contribution is 5.80. The number of hydrogen-bond acceptors (Lipinski definition) is 5. The molecule has 0 amide bonds. The monoisotopic (exact) mass is 250 g/mol. The Morgan fingerprint density at radius 2 is 2.12 bits per heavy atom. The van der Waals surface area contributed by atoms with E-state index < -0.39 is 28.4 Å². The molecule has 0 unspecified atom stereocenters. The van der Waals surface area contributed by atoms with Crippen LogP contribution >= 0.6 is 0 Å². The van der Waals surface area contributed by atoms with Gasteiger partial charge in [0.15, 0.2) is 17.7 Å². The van der Waals surface area contributed by atoms with Crippen molar-refractivity contribution in [1.29, 1.82) is 0 Å². The zero-order valence-electron chi connectivity index (χ0n) is 8.32. The molecule has 0 saturated heterocycles. The van der Waals surface area contributed by atoms with Gasteiger partial charge in [-0.25, -0.2) is 0 Å². The van der Waals surface area contributed by atoms with Crippen LogP contribution in [0.1, 0.15) is 16.1 Å². The Kier molecular flexibility index (Phi) is 3.30. The molecule has 9 heteroatoms. The van der Waals surface area contributed by atoms with Crippen molar-refractivity contribution in [2.24, 2.45) is 0 Å². The minimum Gasteiger partial charge on any atom is -0.401 e. The largest absolute Gasteiger partial charge is 0.573 e. The van der Waals surface area contributed by atoms with Gasteiger partial charge in [0.25, 0.3) is 0 Å². The molecule has 92 valence electrons. The van der Waals surface area contributed by atoms with Gasteiger partial charge in [0.05, 0.1) is 0 Å². The molecule has 0 aromatic carbocycles. The van der Waals surface area contributed by atoms with Gasteiger partial charge in [-0.05, 0) is 9.91 Å². The highest BCUT2D eigenvalue weighted by atomic mass is 19.4. The van der Waals surface area contributed by atoms with Crippen molar-refractivity contribution in [2.45, 2.75) is 13.3 Å². The molecule has 6 nitrogen and oxygen atoms in total. The van der Waals surface area contributed by atoms with E-state index in [9.17, 15) is 28.1 Å². The minimum absolute atomic E-state index is 0.0355. The molecule has 1 heterocycles. The molecule has 0 radical (unpaired) electrons. The Hall–Kier alpha value is -2.19. The maximum Gasteiger partial charge on any atom is 0.573 e. The predicted molar refractivity (Wildman–Crippen MR) is 47.7 cm³/mol. The van der Waals surface area contributed by atoms with Gasteiger partial charge in [-0.1, -0.05) is 0 Å². The average molecular weight is 250 g/mol. The van der Waals surface area contributed by atoms with Crippen LogP contribution in [0.4, 0.5) is 19.0 Å². The van der Waals surface area contributed by atoms with E-state index in [-0.39, 0.29) is 12.0 Å². The number of aryl methyl sites for hydroxylation is 1. The first kappa shape index (κ1) is 12.9. The van der Waals surface area contributed by atoms with Crippen LogP contribution in [0.15, 0.2) is 6.07 Å². The van der Waals surface area contributed by atoms with Crippen LogP contribution in [0.5, 0.6) is 5.75 Å². The number of halogens is 3. The number of ether oxygens (including phenoxy) is 1. The second-order valence-corrected chi connectivity index (χ2v) is 2.91. The zero-order valence-corrected chi connectivity index (χ0v) is 8.32. The number of nitro groups is 1. The number of carbonyl (C=O) groups is 1. The van der Waals surface area contributed by atoms with Crippen LogP contribution in [-0.2, 0) is 0 Å². The van der Waals surface area contributed by atoms with E-state index in [0.717, 1.165) is 6.92 Å². The van der Waals surface area contributed by atoms with Crippen molar-refractivity contribution < 1.29 is 27.6 Å². The molecule has 1 aromatic heterocycles. The maximum absolute atomic E-state index is 11.9. The van der Waals surface area contributed by atoms with E-state index in [0.29, 0.717) is 6.07 Å². The summed E-state index contributed by atoms with van der Waals surface area (Å²) < 4.78 is 39.4. The molecule has 0 aliphatic heterocycles. The fourth-order valence-corrected chi connectivity index (χ4v) is 1.05. The fourth-order valence-electron chi connectivity index (χ4n) is 1.05. The second-order valence-electron chi connectivity index (χ2n) is 2.91. The van der Waals surface area contributed by atoms with E-state index in [1.807, 2.05) is 0 Å². The standard InChI is InChI=1S/C8H5F3N2O4/c1-4-6(17-8(9,10)11)2-5(3-14)7(12-4)13(15)16/h2-3H,1H3. The van der Waals surface area contributed by atoms with Crippen LogP contribution in [0.2, 0.25) is 0 Å². The third-order valence-corrected chi connectivity index (χ3v) is 1.70. The Labute approximate surface area is 92.2 Å². The SMILES string of the molecule is Cc1nc([N+](=O)[O-])c(C=O)cc1OC(F)(F)F. The van der Waals surface area contributed by atoms with Gasteiger partial charge in [-0.2, -0.15) is 0 Å². The summed E-state index contributed by atoms with van der Waals surface area (Å²) in [7, 11) is 0. The molecule has 0 N–H and O–H groups in total. The Morgan fingerprint density at radius 3 is 2.53 bits per heavy atom. The molecule has 0 aliphatic carbocycles. The molecule has 0 saturated carbocycles. The van der Waals surface area contributed by atoms with Crippen LogP contribution in [0, 0.1) is 17.0 Å². The summed E-state index contributed by atoms with van der Waals surface area (Å²) in [5, 5.41) is 10.5. The quantitative estimate of drug-likeness (QED) is 0.465. The van der Waals surface area contributed by atoms with Crippen molar-refractivity contribution in [3.8, 4) is 5.75 Å². The first-order valence-electron chi connectivity index (χ1n) is 4.11. The maximum atomic E-state index is 11.9. The summed E-state index contributed by atoms with van der Waals surface area (Å²) in [6.45, 7) is 1.10. The van der Waals surface area contributed by atoms with Crippen LogP contribution in [0.25, 0.3) is 0 Å². The summed E-state index contributed by atoms with van der Waals surface area (Å²) in [4.78, 5) is 23.2. The third kappa shape index (κ3) is 3.13. The molecule has 1 rings (SSSR count). The lowest BCUT2D eigenvalue weighted by Gasteiger charge is -2.09. The Morgan fingerprint density at radius 1 is 1.53 bits per heavy atom. The Bertz CT molecular complexity index is 473.